The summed E-state index contributed by atoms with van der Waals surface area (Å²) < 4.78 is 56.1. The molecule has 0 saturated heterocycles. The number of nitrogens with zero attached hydrogens (tertiary/aromatic N) is 2. The average Bonchev–Trinajstić information content (AvgIpc) is 2.86. The number of hydrogen-bond acceptors (Lipinski definition) is 7. The van der Waals surface area contributed by atoms with Crippen LogP contribution in [-0.2, 0) is 20.0 Å². The van der Waals surface area contributed by atoms with Crippen LogP contribution in [0.15, 0.2) is 82.7 Å². The summed E-state index contributed by atoms with van der Waals surface area (Å²) in [5.41, 5.74) is 3.21. The maximum absolute atomic E-state index is 13.0. The van der Waals surface area contributed by atoms with Crippen molar-refractivity contribution in [2.75, 3.05) is 14.8 Å². The molecule has 1 aromatic heterocycles. The number of aromatic nitrogens is 2. The Hall–Kier alpha value is -4.00. The Labute approximate surface area is 231 Å². The number of halogens is 1. The van der Waals surface area contributed by atoms with Crippen LogP contribution >= 0.6 is 11.6 Å². The molecule has 0 saturated carbocycles. The van der Waals surface area contributed by atoms with Gasteiger partial charge < -0.3 is 5.32 Å². The zero-order valence-electron chi connectivity index (χ0n) is 21.1. The SMILES string of the molecule is Cc1ccnc(NS(=O)(=O)c2ccc(NC(=O)c3ccc(Cl)c(S(=O)(=O)Nc4ccc(C)c(C)c4)c3)cc2)n1. The van der Waals surface area contributed by atoms with Gasteiger partial charge >= 0.3 is 0 Å². The van der Waals surface area contributed by atoms with Crippen LogP contribution in [-0.4, -0.2) is 32.7 Å². The van der Waals surface area contributed by atoms with E-state index in [0.29, 0.717) is 17.1 Å². The van der Waals surface area contributed by atoms with Gasteiger partial charge in [-0.2, -0.15) is 0 Å². The molecule has 0 aliphatic rings. The molecule has 1 amide bonds. The van der Waals surface area contributed by atoms with E-state index in [1.807, 2.05) is 13.8 Å². The van der Waals surface area contributed by atoms with Crippen LogP contribution in [0.3, 0.4) is 0 Å². The molecular formula is C26H24ClN5O5S2. The van der Waals surface area contributed by atoms with E-state index < -0.39 is 26.0 Å². The second kappa shape index (κ2) is 11.0. The molecule has 0 bridgehead atoms. The van der Waals surface area contributed by atoms with Gasteiger partial charge in [0.1, 0.15) is 4.90 Å². The van der Waals surface area contributed by atoms with Crippen molar-refractivity contribution in [2.45, 2.75) is 30.6 Å². The van der Waals surface area contributed by atoms with Gasteiger partial charge in [-0.15, -0.1) is 0 Å². The summed E-state index contributed by atoms with van der Waals surface area (Å²) in [6.45, 7) is 5.48. The van der Waals surface area contributed by atoms with Crippen molar-refractivity contribution < 1.29 is 21.6 Å². The normalized spacial score (nSPS) is 11.6. The standard InChI is InChI=1S/C26H24ClN5O5S2/c1-16-4-6-21(14-17(16)2)31-39(36,37)24-15-19(5-11-23(24)27)25(33)30-20-7-9-22(10-8-20)38(34,35)32-26-28-13-12-18(3)29-26/h4-15,31H,1-3H3,(H,30,33)(H,28,29,32). The van der Waals surface area contributed by atoms with E-state index in [4.69, 9.17) is 11.6 Å². The van der Waals surface area contributed by atoms with E-state index in [2.05, 4.69) is 24.7 Å². The first-order chi connectivity index (χ1) is 18.3. The zero-order valence-corrected chi connectivity index (χ0v) is 23.4. The highest BCUT2D eigenvalue weighted by Gasteiger charge is 2.21. The van der Waals surface area contributed by atoms with Crippen LogP contribution in [0.2, 0.25) is 5.02 Å². The highest BCUT2D eigenvalue weighted by molar-refractivity contribution is 7.93. The number of carbonyl (C=O) groups excluding carboxylic acids is 1. The molecule has 3 N–H and O–H groups in total. The van der Waals surface area contributed by atoms with Crippen LogP contribution in [0.1, 0.15) is 27.2 Å². The summed E-state index contributed by atoms with van der Waals surface area (Å²) in [6, 6.07) is 16.1. The number of aryl methyl sites for hydroxylation is 3. The Morgan fingerprint density at radius 3 is 2.13 bits per heavy atom. The minimum Gasteiger partial charge on any atom is -0.322 e. The van der Waals surface area contributed by atoms with E-state index in [0.717, 1.165) is 11.1 Å². The lowest BCUT2D eigenvalue weighted by Gasteiger charge is -2.13. The maximum atomic E-state index is 13.0. The molecule has 4 rings (SSSR count). The van der Waals surface area contributed by atoms with Crippen LogP contribution in [0.5, 0.6) is 0 Å². The van der Waals surface area contributed by atoms with Crippen molar-refractivity contribution in [3.63, 3.8) is 0 Å². The van der Waals surface area contributed by atoms with Gasteiger partial charge in [0.15, 0.2) is 0 Å². The van der Waals surface area contributed by atoms with Crippen LogP contribution in [0.25, 0.3) is 0 Å². The maximum Gasteiger partial charge on any atom is 0.264 e. The molecule has 202 valence electrons. The highest BCUT2D eigenvalue weighted by Crippen LogP contribution is 2.26. The minimum absolute atomic E-state index is 0.0369. The van der Waals surface area contributed by atoms with Crippen LogP contribution < -0.4 is 14.8 Å². The van der Waals surface area contributed by atoms with Crippen molar-refractivity contribution in [2.24, 2.45) is 0 Å². The van der Waals surface area contributed by atoms with Crippen molar-refractivity contribution >= 4 is 54.9 Å². The van der Waals surface area contributed by atoms with Gasteiger partial charge in [0.05, 0.1) is 9.92 Å². The van der Waals surface area contributed by atoms with Crippen molar-refractivity contribution in [1.82, 2.24) is 9.97 Å². The summed E-state index contributed by atoms with van der Waals surface area (Å²) in [6.07, 6.45) is 1.44. The number of nitrogens with one attached hydrogen (secondary N) is 3. The third-order valence-corrected chi connectivity index (χ3v) is 8.89. The summed E-state index contributed by atoms with van der Waals surface area (Å²) in [5.74, 6) is -0.677. The van der Waals surface area contributed by atoms with Crippen molar-refractivity contribution in [3.8, 4) is 0 Å². The number of rotatable bonds is 8. The van der Waals surface area contributed by atoms with E-state index in [1.54, 1.807) is 31.2 Å². The average molecular weight is 586 g/mol. The molecule has 3 aromatic carbocycles. The lowest BCUT2D eigenvalue weighted by Crippen LogP contribution is -2.17. The summed E-state index contributed by atoms with van der Waals surface area (Å²) in [5, 5.41) is 2.57. The predicted octanol–water partition coefficient (Wildman–Crippen LogP) is 4.91. The Morgan fingerprint density at radius 2 is 1.46 bits per heavy atom. The third-order valence-electron chi connectivity index (χ3n) is 5.68. The van der Waals surface area contributed by atoms with Gasteiger partial charge in [-0.1, -0.05) is 17.7 Å². The molecule has 1 heterocycles. The molecule has 0 fully saturated rings. The van der Waals surface area contributed by atoms with Crippen LogP contribution in [0.4, 0.5) is 17.3 Å². The van der Waals surface area contributed by atoms with Gasteiger partial charge in [0.25, 0.3) is 26.0 Å². The molecular weight excluding hydrogens is 562 g/mol. The van der Waals surface area contributed by atoms with E-state index in [1.165, 1.54) is 48.7 Å². The first kappa shape index (κ1) is 28.0. The highest BCUT2D eigenvalue weighted by atomic mass is 35.5. The molecule has 10 nitrogen and oxygen atoms in total. The Balaban J connectivity index is 1.50. The molecule has 0 unspecified atom stereocenters. The minimum atomic E-state index is -4.10. The largest absolute Gasteiger partial charge is 0.322 e. The Bertz CT molecular complexity index is 1780. The first-order valence-corrected chi connectivity index (χ1v) is 14.8. The number of anilines is 3. The molecule has 39 heavy (non-hydrogen) atoms. The molecule has 0 atom stereocenters. The topological polar surface area (TPSA) is 147 Å². The van der Waals surface area contributed by atoms with Gasteiger partial charge in [-0.3, -0.25) is 9.52 Å². The number of amides is 1. The summed E-state index contributed by atoms with van der Waals surface area (Å²) >= 11 is 6.17. The van der Waals surface area contributed by atoms with E-state index >= 15 is 0 Å². The fraction of sp³-hybridized carbons (Fsp3) is 0.115. The number of hydrogen-bond donors (Lipinski definition) is 3. The Kier molecular flexibility index (Phi) is 7.91. The second-order valence-corrected chi connectivity index (χ2v) is 12.4. The fourth-order valence-electron chi connectivity index (χ4n) is 3.46. The molecule has 4 aromatic rings. The second-order valence-electron chi connectivity index (χ2n) is 8.66. The monoisotopic (exact) mass is 585 g/mol. The fourth-order valence-corrected chi connectivity index (χ4v) is 5.99. The number of carbonyl (C=O) groups is 1. The molecule has 13 heteroatoms. The summed E-state index contributed by atoms with van der Waals surface area (Å²) in [4.78, 5) is 20.5. The van der Waals surface area contributed by atoms with Gasteiger partial charge in [0, 0.05) is 28.8 Å². The third kappa shape index (κ3) is 6.72. The molecule has 0 aliphatic heterocycles. The van der Waals surface area contributed by atoms with Gasteiger partial charge in [-0.25, -0.2) is 31.5 Å². The first-order valence-electron chi connectivity index (χ1n) is 11.5. The van der Waals surface area contributed by atoms with E-state index in [-0.39, 0.29) is 26.3 Å². The lowest BCUT2D eigenvalue weighted by molar-refractivity contribution is 0.102. The number of benzene rings is 3. The number of sulfonamides is 2. The van der Waals surface area contributed by atoms with Gasteiger partial charge in [0.2, 0.25) is 5.95 Å². The van der Waals surface area contributed by atoms with E-state index in [9.17, 15) is 21.6 Å². The van der Waals surface area contributed by atoms with Crippen molar-refractivity contribution in [1.29, 1.82) is 0 Å². The lowest BCUT2D eigenvalue weighted by atomic mass is 10.1. The predicted molar refractivity (Wildman–Crippen MR) is 150 cm³/mol. The van der Waals surface area contributed by atoms with Crippen molar-refractivity contribution in [3.05, 3.63) is 100 Å². The Morgan fingerprint density at radius 1 is 0.769 bits per heavy atom. The van der Waals surface area contributed by atoms with Gasteiger partial charge in [-0.05, 0) is 92.6 Å². The molecule has 0 spiro atoms. The molecule has 0 aliphatic carbocycles. The summed E-state index contributed by atoms with van der Waals surface area (Å²) in [7, 11) is -8.06. The smallest absolute Gasteiger partial charge is 0.264 e. The molecule has 0 radical (unpaired) electrons. The zero-order chi connectivity index (χ0) is 28.4. The van der Waals surface area contributed by atoms with Crippen LogP contribution in [0, 0.1) is 20.8 Å². The quantitative estimate of drug-likeness (QED) is 0.266.